The van der Waals surface area contributed by atoms with Crippen molar-refractivity contribution in [3.63, 3.8) is 0 Å². The second kappa shape index (κ2) is 8.67. The fourth-order valence-corrected chi connectivity index (χ4v) is 4.37. The number of carbonyl (C=O) groups excluding carboxylic acids is 1. The highest BCUT2D eigenvalue weighted by atomic mass is 16.2. The first-order valence-electron chi connectivity index (χ1n) is 11.1. The van der Waals surface area contributed by atoms with Gasteiger partial charge in [-0.2, -0.15) is 5.26 Å². The molecule has 1 aliphatic heterocycles. The second-order valence-electron chi connectivity index (χ2n) is 9.37. The molecule has 2 N–H and O–H groups in total. The first-order valence-corrected chi connectivity index (χ1v) is 11.1. The molecule has 1 amide bonds. The summed E-state index contributed by atoms with van der Waals surface area (Å²) in [7, 11) is 0. The number of pyridine rings is 1. The smallest absolute Gasteiger partial charge is 0.225 e. The van der Waals surface area contributed by atoms with Gasteiger partial charge in [0.25, 0.3) is 0 Å². The summed E-state index contributed by atoms with van der Waals surface area (Å²) >= 11 is 0. The number of hydrogen-bond donors (Lipinski definition) is 2. The summed E-state index contributed by atoms with van der Waals surface area (Å²) in [5.41, 5.74) is 2.49. The van der Waals surface area contributed by atoms with Crippen molar-refractivity contribution in [3.8, 4) is 6.07 Å². The molecule has 164 valence electrons. The maximum Gasteiger partial charge on any atom is 0.225 e. The Kier molecular flexibility index (Phi) is 5.96. The number of hydrogen-bond acceptors (Lipinski definition) is 5. The van der Waals surface area contributed by atoms with Crippen molar-refractivity contribution >= 4 is 28.0 Å². The third-order valence-electron chi connectivity index (χ3n) is 6.08. The molecule has 8 heteroatoms. The van der Waals surface area contributed by atoms with Gasteiger partial charge in [-0.15, -0.1) is 0 Å². The molecule has 0 radical (unpaired) electrons. The minimum atomic E-state index is -0.405. The number of piperidine rings is 1. The number of fused-ring (bicyclic) bond motifs is 3. The highest BCUT2D eigenvalue weighted by molar-refractivity contribution is 6.01. The standard InChI is InChI=1S/C23H31N7O/c1-23(2,3)22(31)26-11-6-19-28-18-15-27-21-17(5-10-25-21)20(18)30(19)16-7-13-29(14-8-16)12-4-9-24/h5,10,15-16H,4,6-8,11-14H2,1-3H3,(H,25,27)(H,26,31). The molecule has 8 nitrogen and oxygen atoms in total. The van der Waals surface area contributed by atoms with Crippen molar-refractivity contribution < 1.29 is 4.79 Å². The second-order valence-corrected chi connectivity index (χ2v) is 9.37. The third kappa shape index (κ3) is 4.42. The lowest BCUT2D eigenvalue weighted by atomic mass is 9.96. The van der Waals surface area contributed by atoms with Crippen molar-refractivity contribution in [2.24, 2.45) is 5.41 Å². The molecule has 0 saturated carbocycles. The molecule has 0 spiro atoms. The van der Waals surface area contributed by atoms with Gasteiger partial charge in [0, 0.05) is 62.1 Å². The van der Waals surface area contributed by atoms with E-state index in [1.54, 1.807) is 0 Å². The van der Waals surface area contributed by atoms with E-state index in [9.17, 15) is 4.79 Å². The number of amides is 1. The van der Waals surface area contributed by atoms with Crippen LogP contribution in [0.15, 0.2) is 18.5 Å². The number of nitrogens with zero attached hydrogens (tertiary/aromatic N) is 5. The van der Waals surface area contributed by atoms with Gasteiger partial charge in [0.15, 0.2) is 0 Å². The number of H-pyrrole nitrogens is 1. The van der Waals surface area contributed by atoms with Crippen LogP contribution in [0.5, 0.6) is 0 Å². The zero-order valence-corrected chi connectivity index (χ0v) is 18.6. The molecule has 1 fully saturated rings. The average Bonchev–Trinajstić information content (AvgIpc) is 3.35. The van der Waals surface area contributed by atoms with Crippen molar-refractivity contribution in [3.05, 3.63) is 24.3 Å². The van der Waals surface area contributed by atoms with Crippen molar-refractivity contribution in [1.82, 2.24) is 29.7 Å². The molecule has 1 aliphatic rings. The minimum absolute atomic E-state index is 0.0515. The molecule has 4 heterocycles. The first kappa shape index (κ1) is 21.3. The Morgan fingerprint density at radius 1 is 1.35 bits per heavy atom. The van der Waals surface area contributed by atoms with Gasteiger partial charge in [0.2, 0.25) is 5.91 Å². The van der Waals surface area contributed by atoms with Crippen molar-refractivity contribution in [2.45, 2.75) is 52.5 Å². The lowest BCUT2D eigenvalue weighted by Crippen LogP contribution is -2.37. The summed E-state index contributed by atoms with van der Waals surface area (Å²) in [5.74, 6) is 1.05. The maximum atomic E-state index is 12.3. The van der Waals surface area contributed by atoms with Gasteiger partial charge >= 0.3 is 0 Å². The number of nitrogens with one attached hydrogen (secondary N) is 2. The van der Waals surface area contributed by atoms with E-state index >= 15 is 0 Å². The van der Waals surface area contributed by atoms with Gasteiger partial charge in [-0.3, -0.25) is 4.79 Å². The highest BCUT2D eigenvalue weighted by Gasteiger charge is 2.26. The number of nitriles is 1. The average molecular weight is 422 g/mol. The summed E-state index contributed by atoms with van der Waals surface area (Å²) in [5, 5.41) is 13.0. The normalized spacial score (nSPS) is 16.1. The number of aromatic nitrogens is 4. The quantitative estimate of drug-likeness (QED) is 0.636. The summed E-state index contributed by atoms with van der Waals surface area (Å²) in [6.07, 6.45) is 7.05. The summed E-state index contributed by atoms with van der Waals surface area (Å²) in [6, 6.07) is 4.66. The number of likely N-dealkylation sites (tertiary alicyclic amines) is 1. The molecule has 0 aromatic carbocycles. The molecule has 0 bridgehead atoms. The Labute approximate surface area is 182 Å². The summed E-state index contributed by atoms with van der Waals surface area (Å²) in [6.45, 7) is 9.13. The number of rotatable bonds is 6. The fraction of sp³-hybridized carbons (Fsp3) is 0.565. The van der Waals surface area contributed by atoms with Gasteiger partial charge < -0.3 is 19.8 Å². The molecule has 4 rings (SSSR count). The van der Waals surface area contributed by atoms with E-state index in [1.165, 1.54) is 0 Å². The van der Waals surface area contributed by atoms with Crippen LogP contribution < -0.4 is 5.32 Å². The number of imidazole rings is 1. The predicted molar refractivity (Wildman–Crippen MR) is 120 cm³/mol. The Morgan fingerprint density at radius 3 is 2.84 bits per heavy atom. The number of aromatic amines is 1. The molecule has 0 atom stereocenters. The van der Waals surface area contributed by atoms with E-state index in [0.717, 1.165) is 60.4 Å². The third-order valence-corrected chi connectivity index (χ3v) is 6.08. The number of carbonyl (C=O) groups is 1. The van der Waals surface area contributed by atoms with Crippen LogP contribution in [0.4, 0.5) is 0 Å². The largest absolute Gasteiger partial charge is 0.355 e. The van der Waals surface area contributed by atoms with Crippen LogP contribution in [0.25, 0.3) is 22.1 Å². The highest BCUT2D eigenvalue weighted by Crippen LogP contribution is 2.32. The van der Waals surface area contributed by atoms with Gasteiger partial charge in [-0.1, -0.05) is 20.8 Å². The topological polar surface area (TPSA) is 103 Å². The summed E-state index contributed by atoms with van der Waals surface area (Å²) < 4.78 is 2.39. The van der Waals surface area contributed by atoms with Crippen LogP contribution in [0.3, 0.4) is 0 Å². The zero-order valence-electron chi connectivity index (χ0n) is 18.6. The van der Waals surface area contributed by atoms with Crippen LogP contribution in [0.1, 0.15) is 51.9 Å². The van der Waals surface area contributed by atoms with E-state index in [0.29, 0.717) is 25.4 Å². The van der Waals surface area contributed by atoms with Gasteiger partial charge in [0.1, 0.15) is 17.0 Å². The minimum Gasteiger partial charge on any atom is -0.355 e. The fourth-order valence-electron chi connectivity index (χ4n) is 4.37. The van der Waals surface area contributed by atoms with E-state index in [1.807, 2.05) is 33.2 Å². The molecular weight excluding hydrogens is 390 g/mol. The van der Waals surface area contributed by atoms with E-state index in [4.69, 9.17) is 10.2 Å². The van der Waals surface area contributed by atoms with Crippen molar-refractivity contribution in [2.75, 3.05) is 26.2 Å². The molecule has 3 aromatic heterocycles. The molecular formula is C23H31N7O. The lowest BCUT2D eigenvalue weighted by Gasteiger charge is -2.33. The SMILES string of the molecule is CC(C)(C)C(=O)NCCc1nc2cnc3[nH]ccc3c2n1C1CCN(CCC#N)CC1. The molecule has 0 aliphatic carbocycles. The van der Waals surface area contributed by atoms with E-state index in [2.05, 4.69) is 36.9 Å². The molecule has 0 unspecified atom stereocenters. The Bertz CT molecular complexity index is 1110. The van der Waals surface area contributed by atoms with E-state index in [-0.39, 0.29) is 5.91 Å². The first-order chi connectivity index (χ1) is 14.9. The maximum absolute atomic E-state index is 12.3. The van der Waals surface area contributed by atoms with Crippen LogP contribution in [-0.4, -0.2) is 56.5 Å². The van der Waals surface area contributed by atoms with Gasteiger partial charge in [-0.25, -0.2) is 9.97 Å². The molecule has 1 saturated heterocycles. The Morgan fingerprint density at radius 2 is 2.13 bits per heavy atom. The zero-order chi connectivity index (χ0) is 22.0. The van der Waals surface area contributed by atoms with Gasteiger partial charge in [-0.05, 0) is 18.9 Å². The van der Waals surface area contributed by atoms with Gasteiger partial charge in [0.05, 0.1) is 17.8 Å². The van der Waals surface area contributed by atoms with Crippen LogP contribution in [0, 0.1) is 16.7 Å². The molecule has 31 heavy (non-hydrogen) atoms. The van der Waals surface area contributed by atoms with Crippen LogP contribution in [0.2, 0.25) is 0 Å². The summed E-state index contributed by atoms with van der Waals surface area (Å²) in [4.78, 5) is 27.3. The Hall–Kier alpha value is -2.92. The van der Waals surface area contributed by atoms with Crippen molar-refractivity contribution in [1.29, 1.82) is 5.26 Å². The van der Waals surface area contributed by atoms with Crippen LogP contribution >= 0.6 is 0 Å². The Balaban J connectivity index is 1.62. The monoisotopic (exact) mass is 421 g/mol. The van der Waals surface area contributed by atoms with E-state index < -0.39 is 5.41 Å². The van der Waals surface area contributed by atoms with Crippen LogP contribution in [-0.2, 0) is 11.2 Å². The lowest BCUT2D eigenvalue weighted by molar-refractivity contribution is -0.128. The molecule has 3 aromatic rings. The predicted octanol–water partition coefficient (Wildman–Crippen LogP) is 3.17.